The van der Waals surface area contributed by atoms with Crippen LogP contribution in [0.2, 0.25) is 0 Å². The minimum atomic E-state index is -0.0890. The van der Waals surface area contributed by atoms with Crippen LogP contribution < -0.4 is 5.56 Å². The van der Waals surface area contributed by atoms with Crippen molar-refractivity contribution < 1.29 is 0 Å². The lowest BCUT2D eigenvalue weighted by molar-refractivity contribution is 0.242. The van der Waals surface area contributed by atoms with Gasteiger partial charge in [-0.05, 0) is 17.8 Å². The maximum absolute atomic E-state index is 12.1. The number of nitrogens with zero attached hydrogens (tertiary/aromatic N) is 2. The fourth-order valence-electron chi connectivity index (χ4n) is 3.17. The smallest absolute Gasteiger partial charge is 0.256 e. The van der Waals surface area contributed by atoms with E-state index in [2.05, 4.69) is 37.2 Å². The maximum atomic E-state index is 12.1. The molecule has 0 radical (unpaired) electrons. The van der Waals surface area contributed by atoms with Gasteiger partial charge >= 0.3 is 0 Å². The van der Waals surface area contributed by atoms with Crippen molar-refractivity contribution in [3.8, 4) is 11.3 Å². The standard InChI is InChI=1S/C17H17N5OS/c23-16-13-10-22(7-6-14(13)19-17(24)20-16)9-12-8-18-21-15(12)11-4-2-1-3-5-11/h1-5,8H,6-7,9-10H2,(H,18,21)(H2,19,20,23,24). The molecule has 0 atom stereocenters. The van der Waals surface area contributed by atoms with Crippen LogP contribution in [-0.4, -0.2) is 31.6 Å². The van der Waals surface area contributed by atoms with E-state index < -0.39 is 0 Å². The summed E-state index contributed by atoms with van der Waals surface area (Å²) in [6.07, 6.45) is 2.65. The fraction of sp³-hybridized carbons (Fsp3) is 0.235. The van der Waals surface area contributed by atoms with Crippen LogP contribution in [0.3, 0.4) is 0 Å². The number of aromatic amines is 3. The fourth-order valence-corrected chi connectivity index (χ4v) is 3.39. The van der Waals surface area contributed by atoms with Crippen molar-refractivity contribution in [1.82, 2.24) is 25.1 Å². The number of fused-ring (bicyclic) bond motifs is 1. The van der Waals surface area contributed by atoms with Gasteiger partial charge in [-0.3, -0.25) is 19.8 Å². The number of hydrogen-bond donors (Lipinski definition) is 3. The molecule has 0 amide bonds. The Labute approximate surface area is 143 Å². The van der Waals surface area contributed by atoms with Crippen molar-refractivity contribution in [3.05, 3.63) is 68.5 Å². The van der Waals surface area contributed by atoms with Gasteiger partial charge in [-0.25, -0.2) is 0 Å². The highest BCUT2D eigenvalue weighted by Crippen LogP contribution is 2.23. The molecule has 0 unspecified atom stereocenters. The van der Waals surface area contributed by atoms with E-state index in [9.17, 15) is 4.79 Å². The van der Waals surface area contributed by atoms with E-state index in [1.165, 1.54) is 0 Å². The molecule has 1 aromatic carbocycles. The van der Waals surface area contributed by atoms with E-state index in [0.29, 0.717) is 11.3 Å². The zero-order valence-electron chi connectivity index (χ0n) is 13.0. The summed E-state index contributed by atoms with van der Waals surface area (Å²) in [6.45, 7) is 2.23. The van der Waals surface area contributed by atoms with Crippen LogP contribution in [0.25, 0.3) is 11.3 Å². The zero-order valence-corrected chi connectivity index (χ0v) is 13.8. The van der Waals surface area contributed by atoms with Gasteiger partial charge in [-0.1, -0.05) is 30.3 Å². The largest absolute Gasteiger partial charge is 0.335 e. The van der Waals surface area contributed by atoms with E-state index >= 15 is 0 Å². The van der Waals surface area contributed by atoms with Crippen molar-refractivity contribution in [1.29, 1.82) is 0 Å². The monoisotopic (exact) mass is 339 g/mol. The molecule has 7 heteroatoms. The molecule has 0 saturated carbocycles. The predicted octanol–water partition coefficient (Wildman–Crippen LogP) is 2.38. The first-order chi connectivity index (χ1) is 11.7. The lowest BCUT2D eigenvalue weighted by Crippen LogP contribution is -2.35. The number of benzene rings is 1. The lowest BCUT2D eigenvalue weighted by atomic mass is 10.0. The summed E-state index contributed by atoms with van der Waals surface area (Å²) in [5, 5.41) is 7.28. The van der Waals surface area contributed by atoms with Crippen LogP contribution in [0.1, 0.15) is 16.8 Å². The Kier molecular flexibility index (Phi) is 3.87. The third kappa shape index (κ3) is 2.83. The molecule has 6 nitrogen and oxygen atoms in total. The molecule has 24 heavy (non-hydrogen) atoms. The molecule has 2 aromatic heterocycles. The summed E-state index contributed by atoms with van der Waals surface area (Å²) in [7, 11) is 0. The number of nitrogens with one attached hydrogen (secondary N) is 3. The van der Waals surface area contributed by atoms with Gasteiger partial charge in [0.25, 0.3) is 5.56 Å². The van der Waals surface area contributed by atoms with Crippen molar-refractivity contribution in [3.63, 3.8) is 0 Å². The zero-order chi connectivity index (χ0) is 16.5. The second kappa shape index (κ2) is 6.18. The third-order valence-electron chi connectivity index (χ3n) is 4.36. The van der Waals surface area contributed by atoms with Gasteiger partial charge in [0.05, 0.1) is 17.5 Å². The number of hydrogen-bond acceptors (Lipinski definition) is 4. The normalized spacial score (nSPS) is 14.5. The minimum Gasteiger partial charge on any atom is -0.335 e. The molecule has 122 valence electrons. The van der Waals surface area contributed by atoms with Crippen molar-refractivity contribution in [2.45, 2.75) is 19.5 Å². The van der Waals surface area contributed by atoms with Gasteiger partial charge in [0.2, 0.25) is 0 Å². The lowest BCUT2D eigenvalue weighted by Gasteiger charge is -2.27. The average Bonchev–Trinajstić information content (AvgIpc) is 3.04. The highest BCUT2D eigenvalue weighted by molar-refractivity contribution is 7.71. The Balaban J connectivity index is 1.59. The first kappa shape index (κ1) is 15.0. The molecule has 3 heterocycles. The first-order valence-electron chi connectivity index (χ1n) is 7.85. The Hall–Kier alpha value is -2.51. The van der Waals surface area contributed by atoms with E-state index in [1.807, 2.05) is 24.4 Å². The number of aromatic nitrogens is 4. The van der Waals surface area contributed by atoms with E-state index in [4.69, 9.17) is 12.2 Å². The minimum absolute atomic E-state index is 0.0890. The summed E-state index contributed by atoms with van der Waals surface area (Å²) < 4.78 is 0.397. The highest BCUT2D eigenvalue weighted by Gasteiger charge is 2.21. The van der Waals surface area contributed by atoms with Crippen LogP contribution in [-0.2, 0) is 19.5 Å². The second-order valence-corrected chi connectivity index (χ2v) is 6.37. The summed E-state index contributed by atoms with van der Waals surface area (Å²) >= 11 is 5.04. The molecule has 0 fully saturated rings. The molecule has 0 aliphatic carbocycles. The molecule has 0 bridgehead atoms. The molecule has 1 aliphatic heterocycles. The Morgan fingerprint density at radius 2 is 2.04 bits per heavy atom. The Morgan fingerprint density at radius 1 is 1.21 bits per heavy atom. The van der Waals surface area contributed by atoms with Gasteiger partial charge in [-0.2, -0.15) is 5.10 Å². The highest BCUT2D eigenvalue weighted by atomic mass is 32.1. The Morgan fingerprint density at radius 3 is 2.88 bits per heavy atom. The van der Waals surface area contributed by atoms with Gasteiger partial charge < -0.3 is 4.98 Å². The van der Waals surface area contributed by atoms with Crippen molar-refractivity contribution in [2.75, 3.05) is 6.54 Å². The van der Waals surface area contributed by atoms with Gasteiger partial charge in [0.1, 0.15) is 0 Å². The van der Waals surface area contributed by atoms with Gasteiger partial charge in [0, 0.05) is 37.3 Å². The molecule has 0 spiro atoms. The predicted molar refractivity (Wildman–Crippen MR) is 94.1 cm³/mol. The first-order valence-corrected chi connectivity index (χ1v) is 8.26. The molecular formula is C17H17N5OS. The topological polar surface area (TPSA) is 80.6 Å². The van der Waals surface area contributed by atoms with E-state index in [1.54, 1.807) is 0 Å². The molecule has 4 rings (SSSR count). The molecule has 1 aliphatic rings. The number of rotatable bonds is 3. The molecule has 3 N–H and O–H groups in total. The average molecular weight is 339 g/mol. The van der Waals surface area contributed by atoms with E-state index in [-0.39, 0.29) is 5.56 Å². The van der Waals surface area contributed by atoms with E-state index in [0.717, 1.165) is 47.6 Å². The second-order valence-electron chi connectivity index (χ2n) is 5.96. The summed E-state index contributed by atoms with van der Waals surface area (Å²) in [6, 6.07) is 10.1. The van der Waals surface area contributed by atoms with Crippen LogP contribution >= 0.6 is 12.2 Å². The maximum Gasteiger partial charge on any atom is 0.256 e. The SMILES string of the molecule is O=c1[nH]c(=S)[nH]c2c1CN(Cc1cn[nH]c1-c1ccccc1)CC2. The van der Waals surface area contributed by atoms with Gasteiger partial charge in [0.15, 0.2) is 4.77 Å². The van der Waals surface area contributed by atoms with Crippen LogP contribution in [0.15, 0.2) is 41.3 Å². The molecule has 0 saturated heterocycles. The summed E-state index contributed by atoms with van der Waals surface area (Å²) in [5.74, 6) is 0. The molecular weight excluding hydrogens is 322 g/mol. The quantitative estimate of drug-likeness (QED) is 0.640. The number of H-pyrrole nitrogens is 3. The molecule has 3 aromatic rings. The Bertz CT molecular complexity index is 972. The van der Waals surface area contributed by atoms with Gasteiger partial charge in [-0.15, -0.1) is 0 Å². The third-order valence-corrected chi connectivity index (χ3v) is 4.57. The van der Waals surface area contributed by atoms with Crippen molar-refractivity contribution >= 4 is 12.2 Å². The summed E-state index contributed by atoms with van der Waals surface area (Å²) in [5.41, 5.74) is 4.92. The van der Waals surface area contributed by atoms with Crippen molar-refractivity contribution in [2.24, 2.45) is 0 Å². The van der Waals surface area contributed by atoms with Crippen LogP contribution in [0.4, 0.5) is 0 Å². The summed E-state index contributed by atoms with van der Waals surface area (Å²) in [4.78, 5) is 20.2. The van der Waals surface area contributed by atoms with Crippen LogP contribution in [0.5, 0.6) is 0 Å². The van der Waals surface area contributed by atoms with Crippen LogP contribution in [0, 0.1) is 4.77 Å².